The van der Waals surface area contributed by atoms with Gasteiger partial charge in [-0.15, -0.1) is 0 Å². The first-order chi connectivity index (χ1) is 12.0. The molecule has 2 aromatic rings. The smallest absolute Gasteiger partial charge is 0.345 e. The number of aryl methyl sites for hydroxylation is 1. The fraction of sp³-hybridized carbons (Fsp3) is 0.438. The van der Waals surface area contributed by atoms with Crippen LogP contribution in [0.5, 0.6) is 0 Å². The standard InChI is InChI=1S/C16H17F2N5O2/c1-22-12-3-2-10(7-19)21-15(12)13(6-14(22)24)23-5-4-20-11(8-23)9-25-16(17)18/h2-3,6,11,16,20H,4-5,8-9H2,1H3. The summed E-state index contributed by atoms with van der Waals surface area (Å²) < 4.78 is 30.4. The van der Waals surface area contributed by atoms with Crippen LogP contribution in [0.4, 0.5) is 14.5 Å². The average Bonchev–Trinajstić information content (AvgIpc) is 2.62. The van der Waals surface area contributed by atoms with E-state index in [1.165, 1.54) is 10.6 Å². The van der Waals surface area contributed by atoms with Gasteiger partial charge in [0.1, 0.15) is 17.3 Å². The van der Waals surface area contributed by atoms with Gasteiger partial charge < -0.3 is 19.5 Å². The second-order valence-electron chi connectivity index (χ2n) is 5.79. The molecule has 0 aromatic carbocycles. The number of fused-ring (bicyclic) bond motifs is 1. The second kappa shape index (κ2) is 7.13. The Hall–Kier alpha value is -2.57. The quantitative estimate of drug-likeness (QED) is 0.880. The number of anilines is 1. The van der Waals surface area contributed by atoms with Crippen molar-refractivity contribution in [1.29, 1.82) is 5.26 Å². The molecular formula is C16H17F2N5O2. The number of pyridine rings is 2. The van der Waals surface area contributed by atoms with Crippen molar-refractivity contribution < 1.29 is 13.5 Å². The maximum atomic E-state index is 12.3. The van der Waals surface area contributed by atoms with Crippen LogP contribution >= 0.6 is 0 Å². The van der Waals surface area contributed by atoms with Gasteiger partial charge in [-0.25, -0.2) is 4.98 Å². The summed E-state index contributed by atoms with van der Waals surface area (Å²) in [5.41, 5.74) is 1.80. The Morgan fingerprint density at radius 1 is 1.52 bits per heavy atom. The highest BCUT2D eigenvalue weighted by Crippen LogP contribution is 2.24. The molecule has 1 aliphatic heterocycles. The Kier molecular flexibility index (Phi) is 4.92. The lowest BCUT2D eigenvalue weighted by Crippen LogP contribution is -2.53. The summed E-state index contributed by atoms with van der Waals surface area (Å²) in [6.07, 6.45) is 0. The van der Waals surface area contributed by atoms with E-state index in [2.05, 4.69) is 15.0 Å². The maximum absolute atomic E-state index is 12.3. The van der Waals surface area contributed by atoms with Crippen LogP contribution in [0.3, 0.4) is 0 Å². The highest BCUT2D eigenvalue weighted by atomic mass is 19.3. The summed E-state index contributed by atoms with van der Waals surface area (Å²) in [7, 11) is 1.64. The molecule has 1 N–H and O–H groups in total. The summed E-state index contributed by atoms with van der Waals surface area (Å²) in [6.45, 7) is -1.40. The number of nitrogens with one attached hydrogen (secondary N) is 1. The monoisotopic (exact) mass is 349 g/mol. The molecule has 0 saturated carbocycles. The Balaban J connectivity index is 1.98. The molecule has 1 fully saturated rings. The Labute approximate surface area is 142 Å². The van der Waals surface area contributed by atoms with E-state index in [-0.39, 0.29) is 23.9 Å². The number of aromatic nitrogens is 2. The number of hydrogen-bond acceptors (Lipinski definition) is 6. The zero-order chi connectivity index (χ0) is 18.0. The van der Waals surface area contributed by atoms with E-state index in [9.17, 15) is 13.6 Å². The van der Waals surface area contributed by atoms with E-state index in [1.54, 1.807) is 19.2 Å². The van der Waals surface area contributed by atoms with Crippen molar-refractivity contribution in [3.05, 3.63) is 34.2 Å². The second-order valence-corrected chi connectivity index (χ2v) is 5.79. The molecule has 132 valence electrons. The molecule has 1 aliphatic rings. The van der Waals surface area contributed by atoms with Crippen molar-refractivity contribution in [3.63, 3.8) is 0 Å². The van der Waals surface area contributed by atoms with Gasteiger partial charge in [-0.05, 0) is 12.1 Å². The number of piperazine rings is 1. The predicted molar refractivity (Wildman–Crippen MR) is 87.7 cm³/mol. The molecule has 25 heavy (non-hydrogen) atoms. The lowest BCUT2D eigenvalue weighted by molar-refractivity contribution is -0.133. The van der Waals surface area contributed by atoms with Gasteiger partial charge in [0.25, 0.3) is 5.56 Å². The van der Waals surface area contributed by atoms with Gasteiger partial charge >= 0.3 is 6.61 Å². The van der Waals surface area contributed by atoms with Crippen LogP contribution in [0, 0.1) is 11.3 Å². The third kappa shape index (κ3) is 3.60. The van der Waals surface area contributed by atoms with Crippen LogP contribution in [0.15, 0.2) is 23.0 Å². The molecule has 3 heterocycles. The molecule has 1 atom stereocenters. The molecule has 0 aliphatic carbocycles. The van der Waals surface area contributed by atoms with Gasteiger partial charge in [0, 0.05) is 38.8 Å². The maximum Gasteiger partial charge on any atom is 0.345 e. The fourth-order valence-electron chi connectivity index (χ4n) is 2.96. The zero-order valence-electron chi connectivity index (χ0n) is 13.6. The minimum atomic E-state index is -2.82. The molecule has 0 amide bonds. The van der Waals surface area contributed by atoms with Crippen molar-refractivity contribution in [3.8, 4) is 6.07 Å². The molecule has 2 aromatic heterocycles. The van der Waals surface area contributed by atoms with E-state index in [0.717, 1.165) is 0 Å². The predicted octanol–water partition coefficient (Wildman–Crippen LogP) is 0.823. The molecule has 0 radical (unpaired) electrons. The molecule has 1 saturated heterocycles. The van der Waals surface area contributed by atoms with Crippen LogP contribution in [-0.2, 0) is 11.8 Å². The topological polar surface area (TPSA) is 83.2 Å². The van der Waals surface area contributed by atoms with E-state index in [4.69, 9.17) is 5.26 Å². The number of alkyl halides is 2. The fourth-order valence-corrected chi connectivity index (χ4v) is 2.96. The molecule has 7 nitrogen and oxygen atoms in total. The van der Waals surface area contributed by atoms with Crippen LogP contribution < -0.4 is 15.8 Å². The third-order valence-corrected chi connectivity index (χ3v) is 4.20. The Bertz CT molecular complexity index is 877. The summed E-state index contributed by atoms with van der Waals surface area (Å²) in [6, 6.07) is 6.41. The van der Waals surface area contributed by atoms with Crippen LogP contribution in [0.1, 0.15) is 5.69 Å². The van der Waals surface area contributed by atoms with Gasteiger partial charge in [-0.1, -0.05) is 0 Å². The van der Waals surface area contributed by atoms with Gasteiger partial charge in [0.15, 0.2) is 0 Å². The van der Waals surface area contributed by atoms with Crippen molar-refractivity contribution in [1.82, 2.24) is 14.9 Å². The van der Waals surface area contributed by atoms with Crippen LogP contribution in [0.25, 0.3) is 11.0 Å². The first kappa shape index (κ1) is 17.3. The number of halogens is 2. The minimum absolute atomic E-state index is 0.131. The zero-order valence-corrected chi connectivity index (χ0v) is 13.6. The summed E-state index contributed by atoms with van der Waals surface area (Å²) in [5, 5.41) is 12.2. The highest BCUT2D eigenvalue weighted by molar-refractivity contribution is 5.88. The minimum Gasteiger partial charge on any atom is -0.367 e. The Morgan fingerprint density at radius 2 is 2.32 bits per heavy atom. The molecule has 0 bridgehead atoms. The lowest BCUT2D eigenvalue weighted by Gasteiger charge is -2.35. The molecular weight excluding hydrogens is 332 g/mol. The van der Waals surface area contributed by atoms with Crippen molar-refractivity contribution >= 4 is 16.7 Å². The van der Waals surface area contributed by atoms with Crippen LogP contribution in [-0.4, -0.2) is 48.4 Å². The van der Waals surface area contributed by atoms with Crippen molar-refractivity contribution in [2.45, 2.75) is 12.7 Å². The van der Waals surface area contributed by atoms with Crippen LogP contribution in [0.2, 0.25) is 0 Å². The normalized spacial score (nSPS) is 17.9. The van der Waals surface area contributed by atoms with Gasteiger partial charge in [-0.3, -0.25) is 4.79 Å². The summed E-state index contributed by atoms with van der Waals surface area (Å²) in [4.78, 5) is 18.5. The molecule has 9 heteroatoms. The summed E-state index contributed by atoms with van der Waals surface area (Å²) >= 11 is 0. The highest BCUT2D eigenvalue weighted by Gasteiger charge is 2.23. The molecule has 1 unspecified atom stereocenters. The van der Waals surface area contributed by atoms with Crippen molar-refractivity contribution in [2.75, 3.05) is 31.1 Å². The largest absolute Gasteiger partial charge is 0.367 e. The average molecular weight is 349 g/mol. The lowest BCUT2D eigenvalue weighted by atomic mass is 10.1. The van der Waals surface area contributed by atoms with Gasteiger partial charge in [0.05, 0.1) is 17.8 Å². The SMILES string of the molecule is Cn1c(=O)cc(N2CCNC(COC(F)F)C2)c2nc(C#N)ccc21. The Morgan fingerprint density at radius 3 is 3.04 bits per heavy atom. The van der Waals surface area contributed by atoms with Gasteiger partial charge in [-0.2, -0.15) is 14.0 Å². The third-order valence-electron chi connectivity index (χ3n) is 4.20. The molecule has 0 spiro atoms. The number of ether oxygens (including phenoxy) is 1. The number of hydrogen-bond donors (Lipinski definition) is 1. The number of nitrogens with zero attached hydrogens (tertiary/aromatic N) is 4. The first-order valence-corrected chi connectivity index (χ1v) is 7.78. The number of rotatable bonds is 4. The number of nitriles is 1. The first-order valence-electron chi connectivity index (χ1n) is 7.78. The van der Waals surface area contributed by atoms with E-state index >= 15 is 0 Å². The van der Waals surface area contributed by atoms with Crippen molar-refractivity contribution in [2.24, 2.45) is 7.05 Å². The van der Waals surface area contributed by atoms with E-state index in [1.807, 2.05) is 11.0 Å². The van der Waals surface area contributed by atoms with E-state index in [0.29, 0.717) is 36.4 Å². The van der Waals surface area contributed by atoms with Gasteiger partial charge in [0.2, 0.25) is 0 Å². The summed E-state index contributed by atoms with van der Waals surface area (Å²) in [5.74, 6) is 0. The van der Waals surface area contributed by atoms with E-state index < -0.39 is 6.61 Å². The molecule has 3 rings (SSSR count).